The molecule has 0 atom stereocenters. The molecule has 0 aliphatic carbocycles. The molecular formula is C23H23NO5. The lowest BCUT2D eigenvalue weighted by Crippen LogP contribution is -2.30. The topological polar surface area (TPSA) is 80.8 Å². The number of rotatable bonds is 4. The molecule has 150 valence electrons. The van der Waals surface area contributed by atoms with Crippen LogP contribution in [0.25, 0.3) is 0 Å². The Morgan fingerprint density at radius 3 is 2.24 bits per heavy atom. The second-order valence-electron chi connectivity index (χ2n) is 8.25. The van der Waals surface area contributed by atoms with Crippen molar-refractivity contribution in [1.82, 2.24) is 0 Å². The van der Waals surface area contributed by atoms with E-state index < -0.39 is 23.2 Å². The molecule has 0 fully saturated rings. The summed E-state index contributed by atoms with van der Waals surface area (Å²) >= 11 is 0. The molecule has 0 saturated heterocycles. The summed E-state index contributed by atoms with van der Waals surface area (Å²) in [5.74, 6) is -1.84. The number of esters is 1. The number of ketones is 1. The summed E-state index contributed by atoms with van der Waals surface area (Å²) in [4.78, 5) is 51.2. The molecule has 6 nitrogen and oxygen atoms in total. The lowest BCUT2D eigenvalue weighted by Gasteiger charge is -2.17. The van der Waals surface area contributed by atoms with Crippen molar-refractivity contribution in [3.63, 3.8) is 0 Å². The number of carbonyl (C=O) groups is 4. The smallest absolute Gasteiger partial charge is 0.338 e. The Balaban J connectivity index is 1.87. The molecular weight excluding hydrogens is 370 g/mol. The molecule has 2 aromatic carbocycles. The van der Waals surface area contributed by atoms with E-state index in [-0.39, 0.29) is 29.1 Å². The highest BCUT2D eigenvalue weighted by molar-refractivity contribution is 6.35. The van der Waals surface area contributed by atoms with E-state index in [0.29, 0.717) is 5.69 Å². The second-order valence-corrected chi connectivity index (χ2v) is 8.25. The van der Waals surface area contributed by atoms with Crippen LogP contribution in [0.3, 0.4) is 0 Å². The van der Waals surface area contributed by atoms with Gasteiger partial charge in [0.2, 0.25) is 0 Å². The van der Waals surface area contributed by atoms with E-state index in [1.54, 1.807) is 26.8 Å². The third kappa shape index (κ3) is 3.83. The Labute approximate surface area is 169 Å². The molecule has 0 spiro atoms. The molecule has 29 heavy (non-hydrogen) atoms. The number of benzene rings is 2. The van der Waals surface area contributed by atoms with Crippen LogP contribution >= 0.6 is 0 Å². The summed E-state index contributed by atoms with van der Waals surface area (Å²) in [6.07, 6.45) is 0. The maximum Gasteiger partial charge on any atom is 0.338 e. The predicted octanol–water partition coefficient (Wildman–Crippen LogP) is 3.88. The summed E-state index contributed by atoms with van der Waals surface area (Å²) < 4.78 is 5.09. The quantitative estimate of drug-likeness (QED) is 0.582. The van der Waals surface area contributed by atoms with E-state index in [2.05, 4.69) is 0 Å². The number of imide groups is 1. The number of ether oxygens (including phenoxy) is 1. The van der Waals surface area contributed by atoms with Crippen LogP contribution in [0.1, 0.15) is 63.0 Å². The van der Waals surface area contributed by atoms with E-state index in [9.17, 15) is 19.2 Å². The molecule has 1 aliphatic heterocycles. The Bertz CT molecular complexity index is 1050. The number of nitrogens with zero attached hydrogens (tertiary/aromatic N) is 1. The number of amides is 2. The van der Waals surface area contributed by atoms with Crippen molar-refractivity contribution in [2.45, 2.75) is 34.6 Å². The van der Waals surface area contributed by atoms with Crippen LogP contribution < -0.4 is 4.90 Å². The average Bonchev–Trinajstić information content (AvgIpc) is 2.91. The van der Waals surface area contributed by atoms with E-state index in [1.807, 2.05) is 26.0 Å². The zero-order valence-corrected chi connectivity index (χ0v) is 17.2. The maximum absolute atomic E-state index is 12.9. The van der Waals surface area contributed by atoms with Crippen molar-refractivity contribution in [3.05, 3.63) is 64.2 Å². The van der Waals surface area contributed by atoms with E-state index in [4.69, 9.17) is 4.74 Å². The molecule has 3 rings (SSSR count). The van der Waals surface area contributed by atoms with Crippen molar-refractivity contribution in [2.24, 2.45) is 5.41 Å². The Hall–Kier alpha value is -3.28. The average molecular weight is 393 g/mol. The van der Waals surface area contributed by atoms with E-state index in [1.165, 1.54) is 18.2 Å². The van der Waals surface area contributed by atoms with Crippen LogP contribution in [0.4, 0.5) is 5.69 Å². The largest absolute Gasteiger partial charge is 0.454 e. The van der Waals surface area contributed by atoms with Gasteiger partial charge in [-0.05, 0) is 49.2 Å². The van der Waals surface area contributed by atoms with Gasteiger partial charge < -0.3 is 4.74 Å². The van der Waals surface area contributed by atoms with Gasteiger partial charge in [0.1, 0.15) is 0 Å². The SMILES string of the molecule is Cc1ccc(C)c(N2C(=O)c3ccc(C(=O)OCC(=O)C(C)(C)C)cc3C2=O)c1. The minimum absolute atomic E-state index is 0.120. The number of carbonyl (C=O) groups excluding carboxylic acids is 4. The molecule has 2 amide bonds. The van der Waals surface area contributed by atoms with Crippen LogP contribution in [-0.2, 0) is 9.53 Å². The summed E-state index contributed by atoms with van der Waals surface area (Å²) in [6.45, 7) is 8.59. The van der Waals surface area contributed by atoms with E-state index in [0.717, 1.165) is 16.0 Å². The van der Waals surface area contributed by atoms with Gasteiger partial charge in [-0.15, -0.1) is 0 Å². The zero-order valence-electron chi connectivity index (χ0n) is 17.2. The molecule has 2 aromatic rings. The Morgan fingerprint density at radius 1 is 0.931 bits per heavy atom. The molecule has 1 heterocycles. The van der Waals surface area contributed by atoms with Gasteiger partial charge in [-0.2, -0.15) is 0 Å². The third-order valence-corrected chi connectivity index (χ3v) is 4.90. The molecule has 0 radical (unpaired) electrons. The van der Waals surface area contributed by atoms with Crippen LogP contribution in [-0.4, -0.2) is 30.2 Å². The van der Waals surface area contributed by atoms with Crippen molar-refractivity contribution in [3.8, 4) is 0 Å². The first-order chi connectivity index (χ1) is 13.5. The summed E-state index contributed by atoms with van der Waals surface area (Å²) in [5.41, 5.74) is 2.13. The monoisotopic (exact) mass is 393 g/mol. The van der Waals surface area contributed by atoms with Gasteiger partial charge in [0, 0.05) is 5.41 Å². The lowest BCUT2D eigenvalue weighted by atomic mass is 9.91. The highest BCUT2D eigenvalue weighted by Crippen LogP contribution is 2.32. The number of anilines is 1. The van der Waals surface area contributed by atoms with Crippen LogP contribution in [0.5, 0.6) is 0 Å². The third-order valence-electron chi connectivity index (χ3n) is 4.90. The first kappa shape index (κ1) is 20.5. The second kappa shape index (κ2) is 7.28. The molecule has 0 saturated carbocycles. The highest BCUT2D eigenvalue weighted by Gasteiger charge is 2.38. The fourth-order valence-corrected chi connectivity index (χ4v) is 2.98. The van der Waals surface area contributed by atoms with Crippen LogP contribution in [0.15, 0.2) is 36.4 Å². The number of hydrogen-bond donors (Lipinski definition) is 0. The molecule has 0 N–H and O–H groups in total. The van der Waals surface area contributed by atoms with Crippen molar-refractivity contribution in [1.29, 1.82) is 0 Å². The van der Waals surface area contributed by atoms with Gasteiger partial charge in [-0.3, -0.25) is 14.4 Å². The highest BCUT2D eigenvalue weighted by atomic mass is 16.5. The minimum Gasteiger partial charge on any atom is -0.454 e. The fraction of sp³-hybridized carbons (Fsp3) is 0.304. The van der Waals surface area contributed by atoms with Crippen LogP contribution in [0, 0.1) is 19.3 Å². The number of hydrogen-bond acceptors (Lipinski definition) is 5. The van der Waals surface area contributed by atoms with Gasteiger partial charge in [0.15, 0.2) is 12.4 Å². The van der Waals surface area contributed by atoms with E-state index >= 15 is 0 Å². The molecule has 6 heteroatoms. The summed E-state index contributed by atoms with van der Waals surface area (Å²) in [5, 5.41) is 0. The molecule has 1 aliphatic rings. The lowest BCUT2D eigenvalue weighted by molar-refractivity contribution is -0.129. The first-order valence-electron chi connectivity index (χ1n) is 9.31. The number of fused-ring (bicyclic) bond motifs is 1. The Kier molecular flexibility index (Phi) is 5.13. The maximum atomic E-state index is 12.9. The standard InChI is InChI=1S/C23H23NO5/c1-13-6-7-14(2)18(10-13)24-20(26)16-9-8-15(11-17(16)21(24)27)22(28)29-12-19(25)23(3,4)5/h6-11H,12H2,1-5H3. The molecule has 0 bridgehead atoms. The normalized spacial score (nSPS) is 13.5. The van der Waals surface area contributed by atoms with Gasteiger partial charge in [0.05, 0.1) is 22.4 Å². The van der Waals surface area contributed by atoms with Gasteiger partial charge in [-0.25, -0.2) is 9.69 Å². The fourth-order valence-electron chi connectivity index (χ4n) is 2.98. The Morgan fingerprint density at radius 2 is 1.59 bits per heavy atom. The number of aryl methyl sites for hydroxylation is 2. The summed E-state index contributed by atoms with van der Waals surface area (Å²) in [6, 6.07) is 9.77. The molecule has 0 aromatic heterocycles. The molecule has 0 unspecified atom stereocenters. The van der Waals surface area contributed by atoms with Crippen molar-refractivity contribution >= 4 is 29.3 Å². The first-order valence-corrected chi connectivity index (χ1v) is 9.31. The van der Waals surface area contributed by atoms with Crippen LogP contribution in [0.2, 0.25) is 0 Å². The van der Waals surface area contributed by atoms with Crippen molar-refractivity contribution < 1.29 is 23.9 Å². The van der Waals surface area contributed by atoms with Gasteiger partial charge in [-0.1, -0.05) is 32.9 Å². The van der Waals surface area contributed by atoms with Gasteiger partial charge in [0.25, 0.3) is 11.8 Å². The minimum atomic E-state index is -0.712. The zero-order chi connectivity index (χ0) is 21.5. The van der Waals surface area contributed by atoms with Gasteiger partial charge >= 0.3 is 5.97 Å². The van der Waals surface area contributed by atoms with Crippen molar-refractivity contribution in [2.75, 3.05) is 11.5 Å². The number of Topliss-reactive ketones (excluding diaryl/α,β-unsaturated/α-hetero) is 1. The predicted molar refractivity (Wildman–Crippen MR) is 108 cm³/mol. The summed E-state index contributed by atoms with van der Waals surface area (Å²) in [7, 11) is 0.